The van der Waals surface area contributed by atoms with E-state index in [2.05, 4.69) is 17.2 Å². The Bertz CT molecular complexity index is 1340. The first-order valence-electron chi connectivity index (χ1n) is 11.7. The minimum absolute atomic E-state index is 0.117. The van der Waals surface area contributed by atoms with E-state index in [4.69, 9.17) is 4.42 Å². The number of benzene rings is 2. The van der Waals surface area contributed by atoms with Gasteiger partial charge in [0.1, 0.15) is 5.76 Å². The Labute approximate surface area is 211 Å². The molecule has 1 fully saturated rings. The summed E-state index contributed by atoms with van der Waals surface area (Å²) >= 11 is 0. The van der Waals surface area contributed by atoms with Crippen LogP contribution in [0.3, 0.4) is 0 Å². The number of nitrogens with zero attached hydrogens (tertiary/aromatic N) is 1. The van der Waals surface area contributed by atoms with Crippen molar-refractivity contribution < 1.29 is 22.4 Å². The molecule has 2 N–H and O–H groups in total. The van der Waals surface area contributed by atoms with Crippen LogP contribution in [0.5, 0.6) is 0 Å². The van der Waals surface area contributed by atoms with Crippen molar-refractivity contribution in [1.29, 1.82) is 0 Å². The number of sulfonamides is 1. The van der Waals surface area contributed by atoms with Crippen molar-refractivity contribution in [2.45, 2.75) is 49.7 Å². The molecular formula is C27H29N3O5S. The van der Waals surface area contributed by atoms with Gasteiger partial charge in [-0.1, -0.05) is 36.9 Å². The number of carbonyl (C=O) groups is 2. The fourth-order valence-electron chi connectivity index (χ4n) is 4.66. The molecular weight excluding hydrogens is 478 g/mol. The summed E-state index contributed by atoms with van der Waals surface area (Å²) in [6.45, 7) is 7.13. The molecule has 0 aliphatic carbocycles. The number of amides is 2. The van der Waals surface area contributed by atoms with Crippen molar-refractivity contribution in [2.24, 2.45) is 0 Å². The van der Waals surface area contributed by atoms with E-state index in [-0.39, 0.29) is 34.7 Å². The van der Waals surface area contributed by atoms with E-state index in [0.717, 1.165) is 5.56 Å². The summed E-state index contributed by atoms with van der Waals surface area (Å²) in [4.78, 5) is 24.4. The standard InChI is InChI=1S/C27H29N3O5S/c1-4-26(31)28-22-16-18(2)30(19(3)17-22)36(33,34)23-12-10-21(11-13-23)29-27(32)25-15-14-24(35-25)20-8-6-5-7-9-20/h4-15,18-19,22H,1,16-17H2,2-3H3,(H,28,31)(H,29,32). The zero-order chi connectivity index (χ0) is 25.9. The fourth-order valence-corrected chi connectivity index (χ4v) is 6.50. The average molecular weight is 508 g/mol. The van der Waals surface area contributed by atoms with Crippen molar-refractivity contribution in [1.82, 2.24) is 9.62 Å². The van der Waals surface area contributed by atoms with E-state index in [1.165, 1.54) is 22.5 Å². The molecule has 9 heteroatoms. The maximum atomic E-state index is 13.4. The molecule has 0 bridgehead atoms. The number of piperidine rings is 1. The number of rotatable bonds is 7. The summed E-state index contributed by atoms with van der Waals surface area (Å²) in [5.74, 6) is 0.0377. The lowest BCUT2D eigenvalue weighted by Gasteiger charge is -2.41. The van der Waals surface area contributed by atoms with Crippen LogP contribution in [0.4, 0.5) is 5.69 Å². The summed E-state index contributed by atoms with van der Waals surface area (Å²) in [5.41, 5.74) is 1.31. The highest BCUT2D eigenvalue weighted by Crippen LogP contribution is 2.30. The lowest BCUT2D eigenvalue weighted by Crippen LogP contribution is -2.54. The highest BCUT2D eigenvalue weighted by molar-refractivity contribution is 7.89. The Morgan fingerprint density at radius 2 is 1.61 bits per heavy atom. The number of nitrogens with one attached hydrogen (secondary N) is 2. The van der Waals surface area contributed by atoms with Gasteiger partial charge in [-0.25, -0.2) is 8.42 Å². The molecule has 0 radical (unpaired) electrons. The summed E-state index contributed by atoms with van der Waals surface area (Å²) < 4.78 is 34.0. The van der Waals surface area contributed by atoms with E-state index in [1.807, 2.05) is 44.2 Å². The molecule has 188 valence electrons. The molecule has 1 aliphatic rings. The van der Waals surface area contributed by atoms with E-state index < -0.39 is 15.9 Å². The van der Waals surface area contributed by atoms with Crippen LogP contribution in [-0.4, -0.2) is 42.7 Å². The lowest BCUT2D eigenvalue weighted by atomic mass is 9.95. The molecule has 2 aromatic carbocycles. The van der Waals surface area contributed by atoms with Gasteiger partial charge in [0.25, 0.3) is 5.91 Å². The van der Waals surface area contributed by atoms with Gasteiger partial charge < -0.3 is 15.1 Å². The number of anilines is 1. The van der Waals surface area contributed by atoms with E-state index in [1.54, 1.807) is 24.3 Å². The first kappa shape index (κ1) is 25.4. The normalized spacial score (nSPS) is 20.4. The molecule has 0 spiro atoms. The molecule has 1 aromatic heterocycles. The summed E-state index contributed by atoms with van der Waals surface area (Å²) in [6.07, 6.45) is 2.23. The second-order valence-electron chi connectivity index (χ2n) is 8.92. The van der Waals surface area contributed by atoms with Crippen molar-refractivity contribution in [3.63, 3.8) is 0 Å². The fraction of sp³-hybridized carbons (Fsp3) is 0.259. The van der Waals surface area contributed by atoms with Crippen molar-refractivity contribution >= 4 is 27.5 Å². The Morgan fingerprint density at radius 3 is 2.22 bits per heavy atom. The zero-order valence-corrected chi connectivity index (χ0v) is 21.0. The molecule has 2 amide bonds. The van der Waals surface area contributed by atoms with Gasteiger partial charge in [-0.15, -0.1) is 0 Å². The minimum atomic E-state index is -3.77. The molecule has 1 aliphatic heterocycles. The maximum absolute atomic E-state index is 13.4. The van der Waals surface area contributed by atoms with Crippen LogP contribution >= 0.6 is 0 Å². The maximum Gasteiger partial charge on any atom is 0.291 e. The van der Waals surface area contributed by atoms with Gasteiger partial charge in [0, 0.05) is 29.4 Å². The zero-order valence-electron chi connectivity index (χ0n) is 20.2. The Balaban J connectivity index is 1.43. The second kappa shape index (κ2) is 10.5. The van der Waals surface area contributed by atoms with Gasteiger partial charge in [0.05, 0.1) is 4.90 Å². The number of hydrogen-bond donors (Lipinski definition) is 2. The van der Waals surface area contributed by atoms with Crippen molar-refractivity contribution in [3.05, 3.63) is 85.1 Å². The Morgan fingerprint density at radius 1 is 0.972 bits per heavy atom. The highest BCUT2D eigenvalue weighted by atomic mass is 32.2. The molecule has 2 heterocycles. The van der Waals surface area contributed by atoms with Crippen LogP contribution in [0.15, 0.2) is 88.7 Å². The smallest absolute Gasteiger partial charge is 0.291 e. The highest BCUT2D eigenvalue weighted by Gasteiger charge is 2.39. The second-order valence-corrected chi connectivity index (χ2v) is 10.8. The molecule has 2 atom stereocenters. The monoisotopic (exact) mass is 507 g/mol. The molecule has 4 rings (SSSR count). The van der Waals surface area contributed by atoms with Crippen LogP contribution in [0, 0.1) is 0 Å². The summed E-state index contributed by atoms with van der Waals surface area (Å²) in [7, 11) is -3.77. The number of hydrogen-bond acceptors (Lipinski definition) is 5. The first-order valence-corrected chi connectivity index (χ1v) is 13.2. The molecule has 8 nitrogen and oxygen atoms in total. The van der Waals surface area contributed by atoms with Crippen molar-refractivity contribution in [2.75, 3.05) is 5.32 Å². The number of furan rings is 1. The topological polar surface area (TPSA) is 109 Å². The average Bonchev–Trinajstić information content (AvgIpc) is 3.35. The predicted octanol–water partition coefficient (Wildman–Crippen LogP) is 4.43. The van der Waals surface area contributed by atoms with Crippen LogP contribution in [0.1, 0.15) is 37.2 Å². The van der Waals surface area contributed by atoms with Crippen LogP contribution < -0.4 is 10.6 Å². The van der Waals surface area contributed by atoms with E-state index in [0.29, 0.717) is 24.3 Å². The van der Waals surface area contributed by atoms with Crippen molar-refractivity contribution in [3.8, 4) is 11.3 Å². The van der Waals surface area contributed by atoms with E-state index >= 15 is 0 Å². The summed E-state index contributed by atoms with van der Waals surface area (Å²) in [6, 6.07) is 18.1. The summed E-state index contributed by atoms with van der Waals surface area (Å²) in [5, 5.41) is 5.60. The first-order chi connectivity index (χ1) is 17.2. The van der Waals surface area contributed by atoms with Crippen LogP contribution in [0.2, 0.25) is 0 Å². The van der Waals surface area contributed by atoms with Gasteiger partial charge in [-0.3, -0.25) is 9.59 Å². The lowest BCUT2D eigenvalue weighted by molar-refractivity contribution is -0.117. The molecule has 0 saturated carbocycles. The van der Waals surface area contributed by atoms with Crippen LogP contribution in [-0.2, 0) is 14.8 Å². The van der Waals surface area contributed by atoms with Gasteiger partial charge in [0.15, 0.2) is 5.76 Å². The number of carbonyl (C=O) groups excluding carboxylic acids is 2. The molecule has 1 saturated heterocycles. The van der Waals surface area contributed by atoms with Gasteiger partial charge >= 0.3 is 0 Å². The SMILES string of the molecule is C=CC(=O)NC1CC(C)N(S(=O)(=O)c2ccc(NC(=O)c3ccc(-c4ccccc4)o3)cc2)C(C)C1. The molecule has 3 aromatic rings. The Hall–Kier alpha value is -3.69. The van der Waals surface area contributed by atoms with Gasteiger partial charge in [-0.2, -0.15) is 4.31 Å². The Kier molecular flexibility index (Phi) is 7.42. The van der Waals surface area contributed by atoms with Crippen LogP contribution in [0.25, 0.3) is 11.3 Å². The third-order valence-electron chi connectivity index (χ3n) is 6.23. The molecule has 36 heavy (non-hydrogen) atoms. The third-order valence-corrected chi connectivity index (χ3v) is 8.37. The predicted molar refractivity (Wildman–Crippen MR) is 138 cm³/mol. The third kappa shape index (κ3) is 5.42. The minimum Gasteiger partial charge on any atom is -0.451 e. The van der Waals surface area contributed by atoms with Gasteiger partial charge in [0.2, 0.25) is 15.9 Å². The van der Waals surface area contributed by atoms with E-state index in [9.17, 15) is 18.0 Å². The quantitative estimate of drug-likeness (QED) is 0.460. The molecule has 2 unspecified atom stereocenters. The van der Waals surface area contributed by atoms with Gasteiger partial charge in [-0.05, 0) is 69.2 Å². The largest absolute Gasteiger partial charge is 0.451 e.